The van der Waals surface area contributed by atoms with Gasteiger partial charge in [-0.1, -0.05) is 52.5 Å². The second kappa shape index (κ2) is 6.64. The summed E-state index contributed by atoms with van der Waals surface area (Å²) < 4.78 is 0. The van der Waals surface area contributed by atoms with E-state index in [0.29, 0.717) is 20.1 Å². The lowest BCUT2D eigenvalue weighted by atomic mass is 10.1. The number of carbonyl (C=O) groups excluding carboxylic acids is 1. The van der Waals surface area contributed by atoms with Gasteiger partial charge in [-0.05, 0) is 48.7 Å². The summed E-state index contributed by atoms with van der Waals surface area (Å²) in [5, 5.41) is 1.85. The molecule has 3 nitrogen and oxygen atoms in total. The first-order chi connectivity index (χ1) is 12.0. The molecular formula is C18H14Cl4N2O. The third-order valence-corrected chi connectivity index (χ3v) is 6.28. The van der Waals surface area contributed by atoms with Gasteiger partial charge in [0.05, 0.1) is 26.1 Å². The fraction of sp³-hybridized carbons (Fsp3) is 0.278. The largest absolute Gasteiger partial charge is 0.290 e. The van der Waals surface area contributed by atoms with Crippen LogP contribution < -0.4 is 4.90 Å². The summed E-state index contributed by atoms with van der Waals surface area (Å²) in [7, 11) is 0. The summed E-state index contributed by atoms with van der Waals surface area (Å²) in [4.78, 5) is 17.1. The number of amides is 1. The zero-order valence-corrected chi connectivity index (χ0v) is 16.1. The molecule has 1 amide bonds. The second-order valence-corrected chi connectivity index (χ2v) is 7.88. The van der Waals surface area contributed by atoms with Crippen LogP contribution in [0.2, 0.25) is 20.1 Å². The SMILES string of the molecule is O=C1[C@@H]2CCCN2[C@H](c2ccc(Cl)c(Cl)c2)N1c1ccc(Cl)c(Cl)c1. The molecule has 2 heterocycles. The molecule has 2 aliphatic rings. The van der Waals surface area contributed by atoms with Crippen molar-refractivity contribution in [3.63, 3.8) is 0 Å². The Labute approximate surface area is 166 Å². The monoisotopic (exact) mass is 414 g/mol. The predicted octanol–water partition coefficient (Wildman–Crippen LogP) is 5.81. The lowest BCUT2D eigenvalue weighted by Crippen LogP contribution is -2.32. The number of fused-ring (bicyclic) bond motifs is 1. The number of rotatable bonds is 2. The molecule has 2 atom stereocenters. The van der Waals surface area contributed by atoms with Crippen LogP contribution in [0.4, 0.5) is 5.69 Å². The van der Waals surface area contributed by atoms with Crippen LogP contribution in [0.25, 0.3) is 0 Å². The molecular weight excluding hydrogens is 402 g/mol. The van der Waals surface area contributed by atoms with Crippen LogP contribution in [0.3, 0.4) is 0 Å². The second-order valence-electron chi connectivity index (χ2n) is 6.25. The van der Waals surface area contributed by atoms with Crippen molar-refractivity contribution in [2.24, 2.45) is 0 Å². The van der Waals surface area contributed by atoms with Gasteiger partial charge in [-0.15, -0.1) is 0 Å². The number of halogens is 4. The van der Waals surface area contributed by atoms with Gasteiger partial charge in [0.1, 0.15) is 6.17 Å². The topological polar surface area (TPSA) is 23.6 Å². The zero-order chi connectivity index (χ0) is 17.7. The Balaban J connectivity index is 1.83. The summed E-state index contributed by atoms with van der Waals surface area (Å²) in [5.74, 6) is 0.0759. The maximum Gasteiger partial charge on any atom is 0.246 e. The van der Waals surface area contributed by atoms with E-state index in [-0.39, 0.29) is 18.1 Å². The smallest absolute Gasteiger partial charge is 0.246 e. The highest BCUT2D eigenvalue weighted by atomic mass is 35.5. The number of nitrogens with zero attached hydrogens (tertiary/aromatic N) is 2. The van der Waals surface area contributed by atoms with E-state index in [9.17, 15) is 4.79 Å². The molecule has 2 aliphatic heterocycles. The van der Waals surface area contributed by atoms with Gasteiger partial charge in [-0.25, -0.2) is 0 Å². The van der Waals surface area contributed by atoms with Crippen LogP contribution >= 0.6 is 46.4 Å². The average Bonchev–Trinajstić information content (AvgIpc) is 3.15. The lowest BCUT2D eigenvalue weighted by molar-refractivity contribution is -0.119. The Hall–Kier alpha value is -0.970. The molecule has 0 saturated carbocycles. The normalized spacial score (nSPS) is 23.4. The molecule has 25 heavy (non-hydrogen) atoms. The van der Waals surface area contributed by atoms with Crippen LogP contribution in [0.1, 0.15) is 24.6 Å². The third-order valence-electron chi connectivity index (χ3n) is 4.80. The molecule has 7 heteroatoms. The van der Waals surface area contributed by atoms with Gasteiger partial charge in [0, 0.05) is 12.2 Å². The summed E-state index contributed by atoms with van der Waals surface area (Å²) >= 11 is 24.5. The lowest BCUT2D eigenvalue weighted by Gasteiger charge is -2.30. The molecule has 2 fully saturated rings. The Morgan fingerprint density at radius 1 is 0.880 bits per heavy atom. The first kappa shape index (κ1) is 17.4. The Bertz CT molecular complexity index is 857. The van der Waals surface area contributed by atoms with Gasteiger partial charge < -0.3 is 0 Å². The highest BCUT2D eigenvalue weighted by molar-refractivity contribution is 6.42. The van der Waals surface area contributed by atoms with Crippen LogP contribution in [0.15, 0.2) is 36.4 Å². The molecule has 130 valence electrons. The van der Waals surface area contributed by atoms with Gasteiger partial charge in [0.15, 0.2) is 0 Å². The van der Waals surface area contributed by atoms with E-state index in [4.69, 9.17) is 46.4 Å². The number of anilines is 1. The summed E-state index contributed by atoms with van der Waals surface area (Å²) in [6, 6.07) is 10.6. The van der Waals surface area contributed by atoms with Crippen molar-refractivity contribution >= 4 is 58.0 Å². The number of hydrogen-bond donors (Lipinski definition) is 0. The van der Waals surface area contributed by atoms with Crippen LogP contribution in [-0.2, 0) is 4.79 Å². The summed E-state index contributed by atoms with van der Waals surface area (Å²) in [5.41, 5.74) is 1.66. The van der Waals surface area contributed by atoms with E-state index in [2.05, 4.69) is 4.90 Å². The van der Waals surface area contributed by atoms with Crippen molar-refractivity contribution in [3.8, 4) is 0 Å². The van der Waals surface area contributed by atoms with Crippen molar-refractivity contribution in [2.45, 2.75) is 25.0 Å². The fourth-order valence-electron chi connectivity index (χ4n) is 3.69. The van der Waals surface area contributed by atoms with Crippen LogP contribution in [0, 0.1) is 0 Å². The van der Waals surface area contributed by atoms with Crippen molar-refractivity contribution in [1.29, 1.82) is 0 Å². The fourth-order valence-corrected chi connectivity index (χ4v) is 4.29. The third kappa shape index (κ3) is 2.92. The molecule has 2 aromatic rings. The van der Waals surface area contributed by atoms with E-state index >= 15 is 0 Å². The van der Waals surface area contributed by atoms with Crippen molar-refractivity contribution in [1.82, 2.24) is 4.90 Å². The molecule has 0 aliphatic carbocycles. The van der Waals surface area contributed by atoms with Gasteiger partial charge in [0.25, 0.3) is 0 Å². The number of benzene rings is 2. The van der Waals surface area contributed by atoms with Crippen molar-refractivity contribution in [2.75, 3.05) is 11.4 Å². The van der Waals surface area contributed by atoms with E-state index in [1.165, 1.54) is 0 Å². The molecule has 0 aromatic heterocycles. The molecule has 2 saturated heterocycles. The molecule has 2 aromatic carbocycles. The molecule has 0 unspecified atom stereocenters. The van der Waals surface area contributed by atoms with Crippen LogP contribution in [-0.4, -0.2) is 23.4 Å². The Morgan fingerprint density at radius 3 is 2.24 bits per heavy atom. The predicted molar refractivity (Wildman–Crippen MR) is 103 cm³/mol. The van der Waals surface area contributed by atoms with Crippen LogP contribution in [0.5, 0.6) is 0 Å². The maximum absolute atomic E-state index is 13.1. The molecule has 0 radical (unpaired) electrons. The standard InChI is InChI=1S/C18H14Cl4N2O/c19-12-5-3-10(8-14(12)21)17-23-7-1-2-16(23)18(25)24(17)11-4-6-13(20)15(22)9-11/h3-6,8-9,16-17H,1-2,7H2/t16-,17-/m0/s1. The number of hydrogen-bond acceptors (Lipinski definition) is 2. The molecule has 0 N–H and O–H groups in total. The minimum absolute atomic E-state index is 0.0759. The Kier molecular flexibility index (Phi) is 4.63. The van der Waals surface area contributed by atoms with Gasteiger partial charge in [-0.2, -0.15) is 0 Å². The van der Waals surface area contributed by atoms with Crippen molar-refractivity contribution < 1.29 is 4.79 Å². The highest BCUT2D eigenvalue weighted by Gasteiger charge is 2.49. The van der Waals surface area contributed by atoms with E-state index in [1.54, 1.807) is 23.1 Å². The van der Waals surface area contributed by atoms with Crippen molar-refractivity contribution in [3.05, 3.63) is 62.1 Å². The van der Waals surface area contributed by atoms with Gasteiger partial charge in [-0.3, -0.25) is 14.6 Å². The maximum atomic E-state index is 13.1. The summed E-state index contributed by atoms with van der Waals surface area (Å²) in [6.07, 6.45) is 1.63. The van der Waals surface area contributed by atoms with Gasteiger partial charge in [0.2, 0.25) is 5.91 Å². The van der Waals surface area contributed by atoms with E-state index in [0.717, 1.165) is 30.6 Å². The minimum atomic E-state index is -0.230. The average molecular weight is 416 g/mol. The van der Waals surface area contributed by atoms with Gasteiger partial charge >= 0.3 is 0 Å². The molecule has 0 spiro atoms. The van der Waals surface area contributed by atoms with E-state index < -0.39 is 0 Å². The van der Waals surface area contributed by atoms with E-state index in [1.807, 2.05) is 18.2 Å². The molecule has 0 bridgehead atoms. The Morgan fingerprint density at radius 2 is 1.56 bits per heavy atom. The quantitative estimate of drug-likeness (QED) is 0.617. The molecule has 4 rings (SSSR count). The minimum Gasteiger partial charge on any atom is -0.290 e. The summed E-state index contributed by atoms with van der Waals surface area (Å²) in [6.45, 7) is 0.860. The first-order valence-electron chi connectivity index (χ1n) is 7.96. The first-order valence-corrected chi connectivity index (χ1v) is 9.47. The zero-order valence-electron chi connectivity index (χ0n) is 13.1. The highest BCUT2D eigenvalue weighted by Crippen LogP contribution is 2.44. The number of carbonyl (C=O) groups is 1.